The molecule has 0 bridgehead atoms. The zero-order chi connectivity index (χ0) is 15.3. The number of carbonyl (C=O) groups excluding carboxylic acids is 1. The number of nitrogens with zero attached hydrogens (tertiary/aromatic N) is 1. The van der Waals surface area contributed by atoms with Gasteiger partial charge in [0.1, 0.15) is 0 Å². The first-order valence-corrected chi connectivity index (χ1v) is 7.82. The highest BCUT2D eigenvalue weighted by atomic mass is 16.1. The molecular weight excluding hydrogens is 262 g/mol. The molecule has 4 nitrogen and oxygen atoms in total. The van der Waals surface area contributed by atoms with Gasteiger partial charge in [-0.1, -0.05) is 31.4 Å². The van der Waals surface area contributed by atoms with Crippen molar-refractivity contribution >= 4 is 5.91 Å². The molecule has 2 rings (SSSR count). The zero-order valence-corrected chi connectivity index (χ0v) is 13.2. The van der Waals surface area contributed by atoms with Gasteiger partial charge < -0.3 is 16.0 Å². The second-order valence-electron chi connectivity index (χ2n) is 6.26. The van der Waals surface area contributed by atoms with Crippen LogP contribution in [0, 0.1) is 0 Å². The van der Waals surface area contributed by atoms with Crippen LogP contribution in [0.25, 0.3) is 0 Å². The molecule has 0 saturated heterocycles. The fourth-order valence-electron chi connectivity index (χ4n) is 3.13. The van der Waals surface area contributed by atoms with Gasteiger partial charge in [0.15, 0.2) is 0 Å². The molecule has 1 aromatic rings. The van der Waals surface area contributed by atoms with Gasteiger partial charge in [0.05, 0.1) is 0 Å². The van der Waals surface area contributed by atoms with Gasteiger partial charge in [0.2, 0.25) is 0 Å². The van der Waals surface area contributed by atoms with E-state index in [0.29, 0.717) is 12.1 Å². The lowest BCUT2D eigenvalue weighted by atomic mass is 9.80. The van der Waals surface area contributed by atoms with Gasteiger partial charge in [-0.3, -0.25) is 4.79 Å². The second kappa shape index (κ2) is 7.05. The average molecular weight is 289 g/mol. The smallest absolute Gasteiger partial charge is 0.251 e. The fraction of sp³-hybridized carbons (Fsp3) is 0.588. The van der Waals surface area contributed by atoms with E-state index in [1.54, 1.807) is 0 Å². The van der Waals surface area contributed by atoms with Gasteiger partial charge >= 0.3 is 0 Å². The van der Waals surface area contributed by atoms with Crippen LogP contribution in [-0.2, 0) is 6.54 Å². The molecule has 1 aliphatic carbocycles. The molecule has 1 aliphatic rings. The Morgan fingerprint density at radius 3 is 2.33 bits per heavy atom. The Balaban J connectivity index is 1.98. The summed E-state index contributed by atoms with van der Waals surface area (Å²) in [5, 5.41) is 3.12. The molecule has 1 saturated carbocycles. The lowest BCUT2D eigenvalue weighted by Crippen LogP contribution is -2.53. The standard InChI is InChI=1S/C17H27N3O/c1-20(2)17(10-4-3-5-11-17)13-19-16(21)15-8-6-14(12-18)7-9-15/h6-9H,3-5,10-13,18H2,1-2H3,(H,19,21). The summed E-state index contributed by atoms with van der Waals surface area (Å²) in [5.74, 6) is 0.00497. The van der Waals surface area contributed by atoms with Crippen LogP contribution in [0.2, 0.25) is 0 Å². The number of nitrogens with one attached hydrogen (secondary N) is 1. The van der Waals surface area contributed by atoms with Crippen molar-refractivity contribution in [2.24, 2.45) is 5.73 Å². The number of amides is 1. The Hall–Kier alpha value is -1.39. The predicted octanol–water partition coefficient (Wildman–Crippen LogP) is 2.14. The summed E-state index contributed by atoms with van der Waals surface area (Å²) in [6.45, 7) is 1.23. The number of likely N-dealkylation sites (N-methyl/N-ethyl adjacent to an activating group) is 1. The third-order valence-corrected chi connectivity index (χ3v) is 4.76. The average Bonchev–Trinajstić information content (AvgIpc) is 2.53. The lowest BCUT2D eigenvalue weighted by molar-refractivity contribution is 0.0799. The first kappa shape index (κ1) is 16.0. The molecule has 21 heavy (non-hydrogen) atoms. The molecule has 0 unspecified atom stereocenters. The third-order valence-electron chi connectivity index (χ3n) is 4.76. The van der Waals surface area contributed by atoms with Crippen molar-refractivity contribution in [1.29, 1.82) is 0 Å². The van der Waals surface area contributed by atoms with E-state index in [-0.39, 0.29) is 11.4 Å². The van der Waals surface area contributed by atoms with Crippen LogP contribution >= 0.6 is 0 Å². The summed E-state index contributed by atoms with van der Waals surface area (Å²) in [6.07, 6.45) is 6.13. The summed E-state index contributed by atoms with van der Waals surface area (Å²) >= 11 is 0. The van der Waals surface area contributed by atoms with Crippen molar-refractivity contribution < 1.29 is 4.79 Å². The van der Waals surface area contributed by atoms with Crippen molar-refractivity contribution in [2.75, 3.05) is 20.6 Å². The summed E-state index contributed by atoms with van der Waals surface area (Å²) < 4.78 is 0. The highest BCUT2D eigenvalue weighted by Gasteiger charge is 2.34. The third kappa shape index (κ3) is 3.83. The maximum absolute atomic E-state index is 12.3. The van der Waals surface area contributed by atoms with Crippen LogP contribution in [0.4, 0.5) is 0 Å². The van der Waals surface area contributed by atoms with Gasteiger partial charge in [0.25, 0.3) is 5.91 Å². The molecule has 1 amide bonds. The first-order chi connectivity index (χ1) is 10.1. The van der Waals surface area contributed by atoms with E-state index in [0.717, 1.165) is 24.9 Å². The van der Waals surface area contributed by atoms with Gasteiger partial charge in [0, 0.05) is 24.2 Å². The van der Waals surface area contributed by atoms with Gasteiger partial charge in [-0.25, -0.2) is 0 Å². The van der Waals surface area contributed by atoms with E-state index in [4.69, 9.17) is 5.73 Å². The van der Waals surface area contributed by atoms with Gasteiger partial charge in [-0.15, -0.1) is 0 Å². The molecule has 4 heteroatoms. The quantitative estimate of drug-likeness (QED) is 0.873. The topological polar surface area (TPSA) is 58.4 Å². The Labute approximate surface area is 127 Å². The minimum absolute atomic E-state index is 0.00497. The van der Waals surface area contributed by atoms with Crippen LogP contribution in [0.3, 0.4) is 0 Å². The maximum atomic E-state index is 12.3. The molecule has 0 spiro atoms. The summed E-state index contributed by atoms with van der Waals surface area (Å²) in [5.41, 5.74) is 7.44. The monoisotopic (exact) mass is 289 g/mol. The van der Waals surface area contributed by atoms with E-state index in [2.05, 4.69) is 24.3 Å². The molecule has 0 heterocycles. The summed E-state index contributed by atoms with van der Waals surface area (Å²) in [6, 6.07) is 7.52. The minimum atomic E-state index is 0.00497. The molecule has 0 aromatic heterocycles. The molecule has 116 valence electrons. The van der Waals surface area contributed by atoms with Gasteiger partial charge in [-0.05, 0) is 44.6 Å². The summed E-state index contributed by atoms with van der Waals surface area (Å²) in [7, 11) is 4.24. The number of nitrogens with two attached hydrogens (primary N) is 1. The van der Waals surface area contributed by atoms with E-state index < -0.39 is 0 Å². The lowest BCUT2D eigenvalue weighted by Gasteiger charge is -2.43. The number of hydrogen-bond acceptors (Lipinski definition) is 3. The van der Waals surface area contributed by atoms with E-state index in [9.17, 15) is 4.79 Å². The highest BCUT2D eigenvalue weighted by molar-refractivity contribution is 5.94. The molecule has 0 radical (unpaired) electrons. The molecule has 3 N–H and O–H groups in total. The highest BCUT2D eigenvalue weighted by Crippen LogP contribution is 2.31. The van der Waals surface area contributed by atoms with E-state index >= 15 is 0 Å². The van der Waals surface area contributed by atoms with Crippen molar-refractivity contribution in [2.45, 2.75) is 44.2 Å². The largest absolute Gasteiger partial charge is 0.350 e. The first-order valence-electron chi connectivity index (χ1n) is 7.82. The molecular formula is C17H27N3O. The zero-order valence-electron chi connectivity index (χ0n) is 13.2. The number of rotatable bonds is 5. The predicted molar refractivity (Wildman–Crippen MR) is 86.2 cm³/mol. The SMILES string of the molecule is CN(C)C1(CNC(=O)c2ccc(CN)cc2)CCCCC1. The Kier molecular flexibility index (Phi) is 5.37. The molecule has 1 aromatic carbocycles. The second-order valence-corrected chi connectivity index (χ2v) is 6.26. The normalized spacial score (nSPS) is 17.7. The summed E-state index contributed by atoms with van der Waals surface area (Å²) in [4.78, 5) is 14.6. The van der Waals surface area contributed by atoms with Crippen LogP contribution < -0.4 is 11.1 Å². The Morgan fingerprint density at radius 2 is 1.81 bits per heavy atom. The van der Waals surface area contributed by atoms with Crippen LogP contribution in [0.5, 0.6) is 0 Å². The van der Waals surface area contributed by atoms with Crippen molar-refractivity contribution in [3.63, 3.8) is 0 Å². The van der Waals surface area contributed by atoms with Crippen LogP contribution in [0.1, 0.15) is 48.0 Å². The fourth-order valence-corrected chi connectivity index (χ4v) is 3.13. The van der Waals surface area contributed by atoms with Crippen molar-refractivity contribution in [1.82, 2.24) is 10.2 Å². The Bertz CT molecular complexity index is 461. The van der Waals surface area contributed by atoms with Crippen LogP contribution in [-0.4, -0.2) is 37.0 Å². The number of carbonyl (C=O) groups is 1. The van der Waals surface area contributed by atoms with Crippen molar-refractivity contribution in [3.05, 3.63) is 35.4 Å². The van der Waals surface area contributed by atoms with Crippen molar-refractivity contribution in [3.8, 4) is 0 Å². The maximum Gasteiger partial charge on any atom is 0.251 e. The number of benzene rings is 1. The molecule has 0 atom stereocenters. The number of hydrogen-bond donors (Lipinski definition) is 2. The van der Waals surface area contributed by atoms with E-state index in [1.807, 2.05) is 24.3 Å². The molecule has 0 aliphatic heterocycles. The minimum Gasteiger partial charge on any atom is -0.350 e. The van der Waals surface area contributed by atoms with Gasteiger partial charge in [-0.2, -0.15) is 0 Å². The van der Waals surface area contributed by atoms with E-state index in [1.165, 1.54) is 19.3 Å². The molecule has 1 fully saturated rings. The van der Waals surface area contributed by atoms with Crippen LogP contribution in [0.15, 0.2) is 24.3 Å². The Morgan fingerprint density at radius 1 is 1.19 bits per heavy atom.